The standard InChI is InChI=1S/C13H25N3OS/c1-5-11(4)18-9-12-15-13(17-16-12)8-7-10(3)14-6-2/h10-11,14H,5-9H2,1-4H3. The van der Waals surface area contributed by atoms with E-state index in [1.54, 1.807) is 0 Å². The van der Waals surface area contributed by atoms with Crippen LogP contribution in [0.4, 0.5) is 0 Å². The largest absolute Gasteiger partial charge is 0.339 e. The molecule has 4 nitrogen and oxygen atoms in total. The van der Waals surface area contributed by atoms with Crippen molar-refractivity contribution >= 4 is 11.8 Å². The molecule has 1 aromatic heterocycles. The lowest BCUT2D eigenvalue weighted by Crippen LogP contribution is -2.25. The van der Waals surface area contributed by atoms with Crippen molar-refractivity contribution in [2.24, 2.45) is 0 Å². The van der Waals surface area contributed by atoms with Gasteiger partial charge < -0.3 is 9.84 Å². The van der Waals surface area contributed by atoms with Crippen LogP contribution in [0.15, 0.2) is 4.52 Å². The van der Waals surface area contributed by atoms with Gasteiger partial charge in [-0.2, -0.15) is 16.7 Å². The zero-order valence-electron chi connectivity index (χ0n) is 11.9. The molecule has 1 heterocycles. The highest BCUT2D eigenvalue weighted by atomic mass is 32.2. The summed E-state index contributed by atoms with van der Waals surface area (Å²) in [4.78, 5) is 4.42. The van der Waals surface area contributed by atoms with E-state index in [-0.39, 0.29) is 0 Å². The molecule has 1 N–H and O–H groups in total. The maximum absolute atomic E-state index is 5.26. The highest BCUT2D eigenvalue weighted by molar-refractivity contribution is 7.99. The molecule has 0 spiro atoms. The number of nitrogens with one attached hydrogen (secondary N) is 1. The first-order valence-electron chi connectivity index (χ1n) is 6.82. The molecule has 0 radical (unpaired) electrons. The van der Waals surface area contributed by atoms with Crippen LogP contribution in [0.25, 0.3) is 0 Å². The van der Waals surface area contributed by atoms with Gasteiger partial charge in [0.1, 0.15) is 0 Å². The van der Waals surface area contributed by atoms with Crippen molar-refractivity contribution < 1.29 is 4.52 Å². The number of hydrogen-bond donors (Lipinski definition) is 1. The van der Waals surface area contributed by atoms with E-state index in [1.807, 2.05) is 11.8 Å². The lowest BCUT2D eigenvalue weighted by molar-refractivity contribution is 0.364. The number of aryl methyl sites for hydroxylation is 1. The van der Waals surface area contributed by atoms with E-state index in [9.17, 15) is 0 Å². The van der Waals surface area contributed by atoms with Gasteiger partial charge in [0, 0.05) is 17.7 Å². The van der Waals surface area contributed by atoms with Crippen LogP contribution in [0.1, 0.15) is 52.3 Å². The van der Waals surface area contributed by atoms with E-state index in [1.165, 1.54) is 6.42 Å². The first kappa shape index (κ1) is 15.5. The maximum Gasteiger partial charge on any atom is 0.226 e. The van der Waals surface area contributed by atoms with Crippen LogP contribution >= 0.6 is 11.8 Å². The molecular weight excluding hydrogens is 246 g/mol. The second-order valence-corrected chi connectivity index (χ2v) is 6.06. The highest BCUT2D eigenvalue weighted by Gasteiger charge is 2.09. The van der Waals surface area contributed by atoms with Crippen molar-refractivity contribution in [2.75, 3.05) is 6.54 Å². The van der Waals surface area contributed by atoms with E-state index < -0.39 is 0 Å². The van der Waals surface area contributed by atoms with Crippen molar-refractivity contribution in [3.05, 3.63) is 11.7 Å². The van der Waals surface area contributed by atoms with Crippen LogP contribution in [0.5, 0.6) is 0 Å². The van der Waals surface area contributed by atoms with Crippen LogP contribution < -0.4 is 5.32 Å². The first-order chi connectivity index (χ1) is 8.65. The summed E-state index contributed by atoms with van der Waals surface area (Å²) >= 11 is 1.88. The topological polar surface area (TPSA) is 51.0 Å². The van der Waals surface area contributed by atoms with Crippen molar-refractivity contribution in [1.29, 1.82) is 0 Å². The molecular formula is C13H25N3OS. The Balaban J connectivity index is 2.29. The van der Waals surface area contributed by atoms with E-state index in [2.05, 4.69) is 43.2 Å². The Morgan fingerprint density at radius 1 is 1.33 bits per heavy atom. The summed E-state index contributed by atoms with van der Waals surface area (Å²) in [6.45, 7) is 9.72. The second-order valence-electron chi connectivity index (χ2n) is 4.63. The number of rotatable bonds is 9. The average molecular weight is 271 g/mol. The molecule has 2 atom stereocenters. The molecule has 0 amide bonds. The van der Waals surface area contributed by atoms with Gasteiger partial charge in [0.05, 0.1) is 5.75 Å². The minimum absolute atomic E-state index is 0.500. The molecule has 0 saturated carbocycles. The summed E-state index contributed by atoms with van der Waals surface area (Å²) in [5.41, 5.74) is 0. The number of thioether (sulfide) groups is 1. The molecule has 1 aromatic rings. The van der Waals surface area contributed by atoms with Gasteiger partial charge in [-0.1, -0.05) is 25.9 Å². The summed E-state index contributed by atoms with van der Waals surface area (Å²) in [7, 11) is 0. The molecule has 0 aliphatic carbocycles. The Morgan fingerprint density at radius 3 is 2.78 bits per heavy atom. The maximum atomic E-state index is 5.26. The molecule has 18 heavy (non-hydrogen) atoms. The minimum Gasteiger partial charge on any atom is -0.339 e. The first-order valence-corrected chi connectivity index (χ1v) is 7.87. The fourth-order valence-electron chi connectivity index (χ4n) is 1.58. The molecule has 0 bridgehead atoms. The molecule has 1 rings (SSSR count). The number of aromatic nitrogens is 2. The monoisotopic (exact) mass is 271 g/mol. The van der Waals surface area contributed by atoms with Crippen LogP contribution in [0.2, 0.25) is 0 Å². The van der Waals surface area contributed by atoms with Crippen molar-refractivity contribution in [1.82, 2.24) is 15.5 Å². The van der Waals surface area contributed by atoms with Crippen molar-refractivity contribution in [2.45, 2.75) is 64.0 Å². The van der Waals surface area contributed by atoms with Gasteiger partial charge in [-0.25, -0.2) is 0 Å². The third kappa shape index (κ3) is 5.87. The van der Waals surface area contributed by atoms with E-state index in [0.29, 0.717) is 11.3 Å². The molecule has 0 aromatic carbocycles. The Morgan fingerprint density at radius 2 is 2.11 bits per heavy atom. The van der Waals surface area contributed by atoms with Gasteiger partial charge in [-0.3, -0.25) is 0 Å². The molecule has 104 valence electrons. The van der Waals surface area contributed by atoms with Gasteiger partial charge >= 0.3 is 0 Å². The zero-order chi connectivity index (χ0) is 13.4. The predicted molar refractivity (Wildman–Crippen MR) is 76.8 cm³/mol. The summed E-state index contributed by atoms with van der Waals surface area (Å²) in [6, 6.07) is 0.500. The normalized spacial score (nSPS) is 14.7. The molecule has 0 fully saturated rings. The summed E-state index contributed by atoms with van der Waals surface area (Å²) in [5.74, 6) is 2.44. The molecule has 0 aliphatic rings. The summed E-state index contributed by atoms with van der Waals surface area (Å²) < 4.78 is 5.26. The Hall–Kier alpha value is -0.550. The fraction of sp³-hybridized carbons (Fsp3) is 0.846. The van der Waals surface area contributed by atoms with Gasteiger partial charge in [-0.15, -0.1) is 0 Å². The van der Waals surface area contributed by atoms with Gasteiger partial charge in [-0.05, 0) is 26.3 Å². The van der Waals surface area contributed by atoms with Crippen LogP contribution in [-0.4, -0.2) is 28.0 Å². The minimum atomic E-state index is 0.500. The van der Waals surface area contributed by atoms with Crippen LogP contribution in [0, 0.1) is 0 Å². The fourth-order valence-corrected chi connectivity index (χ4v) is 2.36. The molecule has 5 heteroatoms. The summed E-state index contributed by atoms with van der Waals surface area (Å²) in [5, 5.41) is 8.05. The van der Waals surface area contributed by atoms with E-state index in [0.717, 1.165) is 36.9 Å². The second kappa shape index (κ2) is 8.53. The SMILES string of the molecule is CCNC(C)CCc1nc(CSC(C)CC)no1. The molecule has 0 saturated heterocycles. The number of nitrogens with zero attached hydrogens (tertiary/aromatic N) is 2. The van der Waals surface area contributed by atoms with Crippen LogP contribution in [0.3, 0.4) is 0 Å². The van der Waals surface area contributed by atoms with E-state index >= 15 is 0 Å². The highest BCUT2D eigenvalue weighted by Crippen LogP contribution is 2.18. The Labute approximate surface area is 114 Å². The summed E-state index contributed by atoms with van der Waals surface area (Å²) in [6.07, 6.45) is 3.07. The predicted octanol–water partition coefficient (Wildman–Crippen LogP) is 3.03. The van der Waals surface area contributed by atoms with Gasteiger partial charge in [0.15, 0.2) is 5.82 Å². The lowest BCUT2D eigenvalue weighted by Gasteiger charge is -2.09. The number of hydrogen-bond acceptors (Lipinski definition) is 5. The third-order valence-electron chi connectivity index (χ3n) is 2.93. The van der Waals surface area contributed by atoms with Gasteiger partial charge in [0.2, 0.25) is 5.89 Å². The quantitative estimate of drug-likeness (QED) is 0.748. The Bertz CT molecular complexity index is 330. The van der Waals surface area contributed by atoms with Crippen LogP contribution in [-0.2, 0) is 12.2 Å². The van der Waals surface area contributed by atoms with Crippen molar-refractivity contribution in [3.8, 4) is 0 Å². The van der Waals surface area contributed by atoms with Crippen molar-refractivity contribution in [3.63, 3.8) is 0 Å². The zero-order valence-corrected chi connectivity index (χ0v) is 12.7. The van der Waals surface area contributed by atoms with Gasteiger partial charge in [0.25, 0.3) is 0 Å². The average Bonchev–Trinajstić information content (AvgIpc) is 2.82. The smallest absolute Gasteiger partial charge is 0.226 e. The Kier molecular flexibility index (Phi) is 7.35. The van der Waals surface area contributed by atoms with E-state index in [4.69, 9.17) is 4.52 Å². The lowest BCUT2D eigenvalue weighted by atomic mass is 10.2. The molecule has 2 unspecified atom stereocenters. The third-order valence-corrected chi connectivity index (χ3v) is 4.25. The molecule has 0 aliphatic heterocycles.